The fourth-order valence-corrected chi connectivity index (χ4v) is 3.97. The first-order valence-corrected chi connectivity index (χ1v) is 12.0. The Labute approximate surface area is 210 Å². The number of likely N-dealkylation sites (N-methyl/N-ethyl adjacent to an activating group) is 1. The number of hydrogen-bond acceptors (Lipinski definition) is 4. The van der Waals surface area contributed by atoms with Gasteiger partial charge in [0.05, 0.1) is 0 Å². The second-order valence-corrected chi connectivity index (χ2v) is 8.67. The number of ether oxygens (including phenoxy) is 1. The molecule has 1 heterocycles. The van der Waals surface area contributed by atoms with Crippen molar-refractivity contribution in [3.63, 3.8) is 0 Å². The topological polar surface area (TPSA) is 61.9 Å². The first-order chi connectivity index (χ1) is 17.0. The van der Waals surface area contributed by atoms with Crippen LogP contribution in [0.4, 0.5) is 0 Å². The van der Waals surface area contributed by atoms with Crippen LogP contribution in [0.5, 0.6) is 11.5 Å². The number of carbonyl (C=O) groups is 2. The molecule has 3 aromatic carbocycles. The van der Waals surface area contributed by atoms with Gasteiger partial charge in [0, 0.05) is 36.8 Å². The molecular weight excluding hydrogens is 462 g/mol. The first-order valence-electron chi connectivity index (χ1n) is 11.6. The summed E-state index contributed by atoms with van der Waals surface area (Å²) >= 11 is 5.96. The summed E-state index contributed by atoms with van der Waals surface area (Å²) < 4.78 is 5.93. The van der Waals surface area contributed by atoms with Gasteiger partial charge in [0.25, 0.3) is 11.8 Å². The highest BCUT2D eigenvalue weighted by Crippen LogP contribution is 2.23. The third kappa shape index (κ3) is 6.72. The van der Waals surface area contributed by atoms with E-state index in [1.807, 2.05) is 54.6 Å². The van der Waals surface area contributed by atoms with Crippen LogP contribution in [0, 0.1) is 0 Å². The minimum absolute atomic E-state index is 0.211. The van der Waals surface area contributed by atoms with Crippen molar-refractivity contribution in [2.75, 3.05) is 32.7 Å². The smallest absolute Gasteiger partial charge is 0.270 e. The Morgan fingerprint density at radius 2 is 1.60 bits per heavy atom. The Balaban J connectivity index is 1.59. The van der Waals surface area contributed by atoms with E-state index in [1.54, 1.807) is 35.2 Å². The lowest BCUT2D eigenvalue weighted by Gasteiger charge is -2.34. The average Bonchev–Trinajstić information content (AvgIpc) is 2.89. The van der Waals surface area contributed by atoms with Gasteiger partial charge in [0.2, 0.25) is 0 Å². The van der Waals surface area contributed by atoms with E-state index in [-0.39, 0.29) is 17.5 Å². The van der Waals surface area contributed by atoms with Gasteiger partial charge in [0.15, 0.2) is 0 Å². The lowest BCUT2D eigenvalue weighted by Crippen LogP contribution is -2.50. The number of nitrogens with zero attached hydrogens (tertiary/aromatic N) is 2. The molecule has 0 bridgehead atoms. The summed E-state index contributed by atoms with van der Waals surface area (Å²) in [6, 6.07) is 23.5. The highest BCUT2D eigenvalue weighted by Gasteiger charge is 2.24. The largest absolute Gasteiger partial charge is 0.457 e. The van der Waals surface area contributed by atoms with Crippen LogP contribution in [0.25, 0.3) is 6.08 Å². The van der Waals surface area contributed by atoms with Gasteiger partial charge in [-0.2, -0.15) is 0 Å². The molecule has 180 valence electrons. The molecule has 3 aromatic rings. The minimum atomic E-state index is -0.370. The molecule has 0 radical (unpaired) electrons. The Bertz CT molecular complexity index is 1190. The van der Waals surface area contributed by atoms with Crippen molar-refractivity contribution >= 4 is 29.5 Å². The van der Waals surface area contributed by atoms with E-state index in [2.05, 4.69) is 17.1 Å². The fourth-order valence-electron chi connectivity index (χ4n) is 3.84. The number of rotatable bonds is 7. The van der Waals surface area contributed by atoms with Crippen molar-refractivity contribution in [2.45, 2.75) is 6.92 Å². The zero-order chi connectivity index (χ0) is 24.6. The van der Waals surface area contributed by atoms with Crippen molar-refractivity contribution < 1.29 is 14.3 Å². The van der Waals surface area contributed by atoms with E-state index in [4.69, 9.17) is 16.3 Å². The summed E-state index contributed by atoms with van der Waals surface area (Å²) in [7, 11) is 0. The van der Waals surface area contributed by atoms with Gasteiger partial charge in [-0.05, 0) is 66.7 Å². The number of halogens is 1. The number of hydrogen-bond donors (Lipinski definition) is 1. The first kappa shape index (κ1) is 24.5. The normalized spacial score (nSPS) is 14.5. The number of nitrogens with one attached hydrogen (secondary N) is 1. The van der Waals surface area contributed by atoms with Crippen LogP contribution < -0.4 is 10.1 Å². The molecule has 1 aliphatic heterocycles. The molecule has 1 saturated heterocycles. The molecular formula is C28H28ClN3O3. The van der Waals surface area contributed by atoms with Crippen LogP contribution in [-0.4, -0.2) is 54.3 Å². The quantitative estimate of drug-likeness (QED) is 0.471. The molecule has 7 heteroatoms. The molecule has 0 aliphatic carbocycles. The monoisotopic (exact) mass is 489 g/mol. The maximum absolute atomic E-state index is 13.5. The maximum atomic E-state index is 13.5. The van der Waals surface area contributed by atoms with Gasteiger partial charge >= 0.3 is 0 Å². The average molecular weight is 490 g/mol. The number of carbonyl (C=O) groups excluding carboxylic acids is 2. The number of para-hydroxylation sites is 1. The highest BCUT2D eigenvalue weighted by atomic mass is 35.5. The maximum Gasteiger partial charge on any atom is 0.270 e. The fraction of sp³-hybridized carbons (Fsp3) is 0.214. The van der Waals surface area contributed by atoms with Crippen LogP contribution in [0.15, 0.2) is 84.6 Å². The summed E-state index contributed by atoms with van der Waals surface area (Å²) in [5, 5.41) is 3.37. The molecule has 4 rings (SSSR count). The summed E-state index contributed by atoms with van der Waals surface area (Å²) in [5.41, 5.74) is 1.38. The summed E-state index contributed by atoms with van der Waals surface area (Å²) in [5.74, 6) is 0.773. The minimum Gasteiger partial charge on any atom is -0.457 e. The number of amides is 2. The Kier molecular flexibility index (Phi) is 8.19. The molecule has 1 fully saturated rings. The molecule has 0 atom stereocenters. The van der Waals surface area contributed by atoms with Crippen LogP contribution in [0.3, 0.4) is 0 Å². The third-order valence-corrected chi connectivity index (χ3v) is 6.09. The standard InChI is InChI=1S/C28H28ClN3O3/c1-2-31-15-17-32(18-16-31)28(34)26(30-27(33)22-11-13-23(29)14-12-22)20-21-7-6-10-25(19-21)35-24-8-4-3-5-9-24/h3-14,19-20H,2,15-18H2,1H3,(H,30,33). The van der Waals surface area contributed by atoms with E-state index in [0.29, 0.717) is 29.4 Å². The van der Waals surface area contributed by atoms with E-state index < -0.39 is 0 Å². The molecule has 35 heavy (non-hydrogen) atoms. The van der Waals surface area contributed by atoms with Gasteiger partial charge in [0.1, 0.15) is 17.2 Å². The van der Waals surface area contributed by atoms with Crippen molar-refractivity contribution in [1.29, 1.82) is 0 Å². The lowest BCUT2D eigenvalue weighted by molar-refractivity contribution is -0.129. The van der Waals surface area contributed by atoms with Crippen molar-refractivity contribution in [1.82, 2.24) is 15.1 Å². The SMILES string of the molecule is CCN1CCN(C(=O)C(=Cc2cccc(Oc3ccccc3)c2)NC(=O)c2ccc(Cl)cc2)CC1. The zero-order valence-corrected chi connectivity index (χ0v) is 20.4. The lowest BCUT2D eigenvalue weighted by atomic mass is 10.1. The van der Waals surface area contributed by atoms with Gasteiger partial charge in [-0.3, -0.25) is 9.59 Å². The van der Waals surface area contributed by atoms with Crippen molar-refractivity contribution in [3.05, 3.63) is 101 Å². The van der Waals surface area contributed by atoms with Gasteiger partial charge in [-0.1, -0.05) is 48.9 Å². The van der Waals surface area contributed by atoms with Crippen LogP contribution in [0.1, 0.15) is 22.8 Å². The predicted molar refractivity (Wildman–Crippen MR) is 139 cm³/mol. The van der Waals surface area contributed by atoms with Crippen LogP contribution in [0.2, 0.25) is 5.02 Å². The molecule has 1 aliphatic rings. The number of piperazine rings is 1. The molecule has 0 aromatic heterocycles. The Morgan fingerprint density at radius 3 is 2.29 bits per heavy atom. The summed E-state index contributed by atoms with van der Waals surface area (Å²) in [6.45, 7) is 5.89. The molecule has 1 N–H and O–H groups in total. The van der Waals surface area contributed by atoms with Gasteiger partial charge in [-0.15, -0.1) is 0 Å². The molecule has 2 amide bonds. The second kappa shape index (κ2) is 11.7. The third-order valence-electron chi connectivity index (χ3n) is 5.84. The van der Waals surface area contributed by atoms with Gasteiger partial charge in [-0.25, -0.2) is 0 Å². The van der Waals surface area contributed by atoms with Crippen LogP contribution >= 0.6 is 11.6 Å². The second-order valence-electron chi connectivity index (χ2n) is 8.23. The summed E-state index contributed by atoms with van der Waals surface area (Å²) in [4.78, 5) is 30.5. The molecule has 0 spiro atoms. The van der Waals surface area contributed by atoms with Gasteiger partial charge < -0.3 is 19.9 Å². The molecule has 6 nitrogen and oxygen atoms in total. The Morgan fingerprint density at radius 1 is 0.914 bits per heavy atom. The summed E-state index contributed by atoms with van der Waals surface area (Å²) in [6.07, 6.45) is 1.69. The van der Waals surface area contributed by atoms with Crippen molar-refractivity contribution in [3.8, 4) is 11.5 Å². The van der Waals surface area contributed by atoms with E-state index >= 15 is 0 Å². The Hall–Kier alpha value is -3.61. The predicted octanol–water partition coefficient (Wildman–Crippen LogP) is 5.07. The van der Waals surface area contributed by atoms with E-state index in [9.17, 15) is 9.59 Å². The zero-order valence-electron chi connectivity index (χ0n) is 19.6. The number of benzene rings is 3. The molecule has 0 unspecified atom stereocenters. The van der Waals surface area contributed by atoms with E-state index in [1.165, 1.54) is 0 Å². The van der Waals surface area contributed by atoms with Crippen molar-refractivity contribution in [2.24, 2.45) is 0 Å². The highest BCUT2D eigenvalue weighted by molar-refractivity contribution is 6.30. The van der Waals surface area contributed by atoms with Crippen LogP contribution in [-0.2, 0) is 4.79 Å². The molecule has 0 saturated carbocycles. The van der Waals surface area contributed by atoms with E-state index in [0.717, 1.165) is 30.9 Å².